The van der Waals surface area contributed by atoms with E-state index in [4.69, 9.17) is 0 Å². The van der Waals surface area contributed by atoms with Crippen molar-refractivity contribution in [1.29, 1.82) is 0 Å². The van der Waals surface area contributed by atoms with Gasteiger partial charge in [0.2, 0.25) is 0 Å². The molecule has 0 aromatic heterocycles. The average molecular weight is 279 g/mol. The van der Waals surface area contributed by atoms with Crippen LogP contribution >= 0.6 is 0 Å². The molecule has 1 heterocycles. The Labute approximate surface area is 119 Å². The molecule has 1 aliphatic heterocycles. The van der Waals surface area contributed by atoms with Crippen LogP contribution in [0.1, 0.15) is 49.9 Å². The van der Waals surface area contributed by atoms with Crippen LogP contribution < -0.4 is 4.90 Å². The molecule has 1 N–H and O–H groups in total. The fraction of sp³-hybridized carbons (Fsp3) is 0.562. The zero-order chi connectivity index (χ0) is 14.8. The summed E-state index contributed by atoms with van der Waals surface area (Å²) in [5.74, 6) is -1.51. The van der Waals surface area contributed by atoms with Crippen LogP contribution in [0.4, 0.5) is 10.1 Å². The number of benzene rings is 1. The van der Waals surface area contributed by atoms with Gasteiger partial charge in [0.15, 0.2) is 0 Å². The van der Waals surface area contributed by atoms with Crippen molar-refractivity contribution in [2.45, 2.75) is 39.5 Å². The third-order valence-corrected chi connectivity index (χ3v) is 4.15. The van der Waals surface area contributed by atoms with Crippen molar-refractivity contribution < 1.29 is 14.3 Å². The molecule has 0 bridgehead atoms. The van der Waals surface area contributed by atoms with Crippen LogP contribution in [-0.4, -0.2) is 24.2 Å². The normalized spacial score (nSPS) is 16.9. The topological polar surface area (TPSA) is 40.5 Å². The Kier molecular flexibility index (Phi) is 4.31. The molecular formula is C16H22FNO2. The van der Waals surface area contributed by atoms with Gasteiger partial charge in [-0.15, -0.1) is 0 Å². The predicted molar refractivity (Wildman–Crippen MR) is 77.8 cm³/mol. The zero-order valence-electron chi connectivity index (χ0n) is 12.2. The molecule has 0 aliphatic carbocycles. The van der Waals surface area contributed by atoms with Crippen LogP contribution in [0.5, 0.6) is 0 Å². The number of hydrogen-bond donors (Lipinski definition) is 1. The summed E-state index contributed by atoms with van der Waals surface area (Å²) >= 11 is 0. The second-order valence-electron chi connectivity index (χ2n) is 5.80. The summed E-state index contributed by atoms with van der Waals surface area (Å²) in [6, 6.07) is 4.26. The lowest BCUT2D eigenvalue weighted by Crippen LogP contribution is -2.57. The predicted octanol–water partition coefficient (Wildman–Crippen LogP) is 3.93. The number of carboxylic acid groups (broad SMARTS) is 1. The number of para-hydroxylation sites is 1. The average Bonchev–Trinajstić information content (AvgIpc) is 2.35. The first-order valence-electron chi connectivity index (χ1n) is 7.30. The summed E-state index contributed by atoms with van der Waals surface area (Å²) in [5, 5.41) is 9.20. The van der Waals surface area contributed by atoms with Crippen LogP contribution in [0.2, 0.25) is 0 Å². The van der Waals surface area contributed by atoms with Gasteiger partial charge in [0.1, 0.15) is 5.82 Å². The molecular weight excluding hydrogens is 257 g/mol. The van der Waals surface area contributed by atoms with Crippen LogP contribution in [0.25, 0.3) is 0 Å². The molecule has 20 heavy (non-hydrogen) atoms. The zero-order valence-corrected chi connectivity index (χ0v) is 12.2. The van der Waals surface area contributed by atoms with Crippen molar-refractivity contribution in [3.63, 3.8) is 0 Å². The van der Waals surface area contributed by atoms with E-state index in [0.717, 1.165) is 38.8 Å². The van der Waals surface area contributed by atoms with E-state index >= 15 is 0 Å². The van der Waals surface area contributed by atoms with E-state index in [-0.39, 0.29) is 16.7 Å². The minimum absolute atomic E-state index is 0.0617. The van der Waals surface area contributed by atoms with Crippen LogP contribution in [-0.2, 0) is 0 Å². The van der Waals surface area contributed by atoms with Crippen molar-refractivity contribution in [3.05, 3.63) is 29.6 Å². The van der Waals surface area contributed by atoms with Crippen LogP contribution in [0.3, 0.4) is 0 Å². The first-order valence-corrected chi connectivity index (χ1v) is 7.30. The minimum Gasteiger partial charge on any atom is -0.478 e. The molecule has 1 aliphatic rings. The standard InChI is InChI=1S/C16H22FNO2/c1-3-8-16(9-4-2)10-18(11-16)14-12(15(19)20)6-5-7-13(14)17/h5-7H,3-4,8-11H2,1-2H3,(H,19,20). The molecule has 0 unspecified atom stereocenters. The first-order chi connectivity index (χ1) is 9.53. The summed E-state index contributed by atoms with van der Waals surface area (Å²) < 4.78 is 14.0. The highest BCUT2D eigenvalue weighted by Crippen LogP contribution is 2.43. The van der Waals surface area contributed by atoms with Gasteiger partial charge in [-0.1, -0.05) is 32.8 Å². The Morgan fingerprint density at radius 1 is 1.30 bits per heavy atom. The summed E-state index contributed by atoms with van der Waals surface area (Å²) in [6.07, 6.45) is 4.45. The van der Waals surface area contributed by atoms with E-state index in [2.05, 4.69) is 13.8 Å². The molecule has 110 valence electrons. The lowest BCUT2D eigenvalue weighted by molar-refractivity contribution is 0.0695. The van der Waals surface area contributed by atoms with Crippen molar-refractivity contribution in [2.75, 3.05) is 18.0 Å². The van der Waals surface area contributed by atoms with Crippen molar-refractivity contribution >= 4 is 11.7 Å². The largest absolute Gasteiger partial charge is 0.478 e. The molecule has 0 radical (unpaired) electrons. The maximum atomic E-state index is 14.0. The van der Waals surface area contributed by atoms with Gasteiger partial charge in [-0.05, 0) is 25.0 Å². The van der Waals surface area contributed by atoms with E-state index in [9.17, 15) is 14.3 Å². The van der Waals surface area contributed by atoms with Gasteiger partial charge in [0.25, 0.3) is 0 Å². The summed E-state index contributed by atoms with van der Waals surface area (Å²) in [7, 11) is 0. The number of halogens is 1. The second kappa shape index (κ2) is 5.81. The number of nitrogens with zero attached hydrogens (tertiary/aromatic N) is 1. The van der Waals surface area contributed by atoms with Crippen molar-refractivity contribution in [3.8, 4) is 0 Å². The van der Waals surface area contributed by atoms with E-state index < -0.39 is 11.8 Å². The van der Waals surface area contributed by atoms with Crippen LogP contribution in [0, 0.1) is 11.2 Å². The van der Waals surface area contributed by atoms with Crippen molar-refractivity contribution in [1.82, 2.24) is 0 Å². The molecule has 1 fully saturated rings. The quantitative estimate of drug-likeness (QED) is 0.857. The van der Waals surface area contributed by atoms with E-state index in [0.29, 0.717) is 0 Å². The third-order valence-electron chi connectivity index (χ3n) is 4.15. The van der Waals surface area contributed by atoms with E-state index in [1.54, 1.807) is 0 Å². The van der Waals surface area contributed by atoms with E-state index in [1.807, 2.05) is 4.90 Å². The number of rotatable bonds is 6. The first kappa shape index (κ1) is 14.8. The van der Waals surface area contributed by atoms with Crippen molar-refractivity contribution in [2.24, 2.45) is 5.41 Å². The molecule has 0 amide bonds. The Morgan fingerprint density at radius 2 is 1.90 bits per heavy atom. The van der Waals surface area contributed by atoms with Gasteiger partial charge in [0, 0.05) is 18.5 Å². The molecule has 1 saturated heterocycles. The summed E-state index contributed by atoms with van der Waals surface area (Å²) in [4.78, 5) is 13.1. The Hall–Kier alpha value is -1.58. The SMILES string of the molecule is CCCC1(CCC)CN(c2c(F)cccc2C(=O)O)C1. The number of carboxylic acids is 1. The molecule has 0 saturated carbocycles. The Bertz CT molecular complexity index is 487. The second-order valence-corrected chi connectivity index (χ2v) is 5.80. The molecule has 4 heteroatoms. The van der Waals surface area contributed by atoms with Gasteiger partial charge in [0.05, 0.1) is 11.3 Å². The molecule has 1 aromatic carbocycles. The van der Waals surface area contributed by atoms with Gasteiger partial charge in [-0.2, -0.15) is 0 Å². The fourth-order valence-electron chi connectivity index (χ4n) is 3.43. The minimum atomic E-state index is -1.07. The molecule has 1 aromatic rings. The van der Waals surface area contributed by atoms with Gasteiger partial charge < -0.3 is 10.0 Å². The van der Waals surface area contributed by atoms with Gasteiger partial charge in [-0.25, -0.2) is 9.18 Å². The number of aromatic carboxylic acids is 1. The number of anilines is 1. The highest BCUT2D eigenvalue weighted by molar-refractivity contribution is 5.94. The van der Waals surface area contributed by atoms with E-state index in [1.165, 1.54) is 18.2 Å². The fourth-order valence-corrected chi connectivity index (χ4v) is 3.43. The summed E-state index contributed by atoms with van der Waals surface area (Å²) in [6.45, 7) is 5.84. The number of carbonyl (C=O) groups is 1. The third kappa shape index (κ3) is 2.65. The summed E-state index contributed by atoms with van der Waals surface area (Å²) in [5.41, 5.74) is 0.552. The van der Waals surface area contributed by atoms with Crippen LogP contribution in [0.15, 0.2) is 18.2 Å². The Balaban J connectivity index is 2.22. The lowest BCUT2D eigenvalue weighted by Gasteiger charge is -2.52. The maximum Gasteiger partial charge on any atom is 0.337 e. The molecule has 3 nitrogen and oxygen atoms in total. The number of hydrogen-bond acceptors (Lipinski definition) is 2. The monoisotopic (exact) mass is 279 g/mol. The highest BCUT2D eigenvalue weighted by atomic mass is 19.1. The molecule has 2 rings (SSSR count). The van der Waals surface area contributed by atoms with Gasteiger partial charge >= 0.3 is 5.97 Å². The molecule has 0 atom stereocenters. The van der Waals surface area contributed by atoms with Gasteiger partial charge in [-0.3, -0.25) is 0 Å². The lowest BCUT2D eigenvalue weighted by atomic mass is 9.72. The highest BCUT2D eigenvalue weighted by Gasteiger charge is 2.43. The smallest absolute Gasteiger partial charge is 0.337 e. The Morgan fingerprint density at radius 3 is 2.40 bits per heavy atom. The molecule has 0 spiro atoms. The maximum absolute atomic E-state index is 14.0.